The van der Waals surface area contributed by atoms with Crippen LogP contribution in [0, 0.1) is 52.3 Å². The van der Waals surface area contributed by atoms with Gasteiger partial charge in [-0.15, -0.1) is 0 Å². The topological polar surface area (TPSA) is 95.9 Å². The monoisotopic (exact) mass is 491 g/mol. The van der Waals surface area contributed by atoms with E-state index in [1.165, 1.54) is 32.8 Å². The van der Waals surface area contributed by atoms with Crippen molar-refractivity contribution in [3.8, 4) is 0 Å². The molecule has 0 aliphatic heterocycles. The molecule has 4 aliphatic rings. The van der Waals surface area contributed by atoms with E-state index in [2.05, 4.69) is 37.7 Å². The van der Waals surface area contributed by atoms with Crippen LogP contribution in [0.15, 0.2) is 0 Å². The van der Waals surface area contributed by atoms with Crippen molar-refractivity contribution >= 4 is 11.9 Å². The first-order chi connectivity index (χ1) is 16.6. The van der Waals surface area contributed by atoms with Crippen molar-refractivity contribution < 1.29 is 24.5 Å². The second kappa shape index (κ2) is 10.3. The van der Waals surface area contributed by atoms with Gasteiger partial charge in [0.25, 0.3) is 0 Å². The number of aliphatic hydroxyl groups is 2. The molecule has 0 saturated heterocycles. The summed E-state index contributed by atoms with van der Waals surface area (Å²) in [5, 5.41) is 25.0. The molecule has 4 saturated carbocycles. The van der Waals surface area contributed by atoms with Crippen LogP contribution in [0.2, 0.25) is 0 Å². The van der Waals surface area contributed by atoms with Crippen molar-refractivity contribution in [2.45, 2.75) is 104 Å². The van der Waals surface area contributed by atoms with Gasteiger partial charge in [0.1, 0.15) is 6.54 Å². The maximum Gasteiger partial charge on any atom is 0.325 e. The van der Waals surface area contributed by atoms with E-state index < -0.39 is 5.97 Å². The van der Waals surface area contributed by atoms with Crippen LogP contribution >= 0.6 is 0 Å². The molecule has 4 fully saturated rings. The highest BCUT2D eigenvalue weighted by molar-refractivity contribution is 5.81. The summed E-state index contributed by atoms with van der Waals surface area (Å²) in [6.07, 6.45) is 9.36. The summed E-state index contributed by atoms with van der Waals surface area (Å²) in [6, 6.07) is 0. The first-order valence-electron chi connectivity index (χ1n) is 14.3. The summed E-state index contributed by atoms with van der Waals surface area (Å²) in [4.78, 5) is 23.6. The Morgan fingerprint density at radius 2 is 1.71 bits per heavy atom. The molecule has 200 valence electrons. The smallest absolute Gasteiger partial charge is 0.325 e. The minimum absolute atomic E-state index is 0.0662. The Hall–Kier alpha value is -1.14. The van der Waals surface area contributed by atoms with Gasteiger partial charge in [0.05, 0.1) is 19.3 Å². The van der Waals surface area contributed by atoms with Crippen molar-refractivity contribution in [2.24, 2.45) is 52.3 Å². The molecule has 35 heavy (non-hydrogen) atoms. The summed E-state index contributed by atoms with van der Waals surface area (Å²) >= 11 is 0. The molecule has 0 aromatic carbocycles. The van der Waals surface area contributed by atoms with Gasteiger partial charge >= 0.3 is 5.97 Å². The van der Waals surface area contributed by atoms with Gasteiger partial charge in [-0.3, -0.25) is 9.59 Å². The van der Waals surface area contributed by atoms with Gasteiger partial charge in [-0.05, 0) is 104 Å². The fourth-order valence-corrected chi connectivity index (χ4v) is 9.82. The number of hydrogen-bond acceptors (Lipinski definition) is 5. The van der Waals surface area contributed by atoms with Crippen molar-refractivity contribution in [3.05, 3.63) is 0 Å². The average Bonchev–Trinajstić information content (AvgIpc) is 3.19. The van der Waals surface area contributed by atoms with E-state index in [-0.39, 0.29) is 41.4 Å². The molecule has 6 nitrogen and oxygen atoms in total. The van der Waals surface area contributed by atoms with Crippen LogP contribution in [-0.4, -0.2) is 48.0 Å². The van der Waals surface area contributed by atoms with Gasteiger partial charge in [0.15, 0.2) is 0 Å². The minimum Gasteiger partial charge on any atom is -0.468 e. The third kappa shape index (κ3) is 4.67. The van der Waals surface area contributed by atoms with Crippen LogP contribution in [0.1, 0.15) is 91.9 Å². The Morgan fingerprint density at radius 1 is 1.03 bits per heavy atom. The summed E-state index contributed by atoms with van der Waals surface area (Å²) in [6.45, 7) is 9.42. The molecular formula is C29H49NO5. The summed E-state index contributed by atoms with van der Waals surface area (Å²) in [5.41, 5.74) is 0.437. The third-order valence-electron chi connectivity index (χ3n) is 11.6. The Morgan fingerprint density at radius 3 is 2.40 bits per heavy atom. The minimum atomic E-state index is -0.422. The molecule has 3 N–H and O–H groups in total. The number of nitrogens with one attached hydrogen (secondary N) is 1. The summed E-state index contributed by atoms with van der Waals surface area (Å²) < 4.78 is 4.61. The van der Waals surface area contributed by atoms with Crippen molar-refractivity contribution in [1.82, 2.24) is 5.32 Å². The molecule has 0 spiro atoms. The largest absolute Gasteiger partial charge is 0.468 e. The third-order valence-corrected chi connectivity index (χ3v) is 11.6. The lowest BCUT2D eigenvalue weighted by atomic mass is 9.41. The standard InChI is InChI=1S/C29H49NO5/c1-6-19-23-15-18(31)11-13-29(23,4)22-12-14-28(3)20(8-9-21(28)26(22)27(19)34)17(2)7-10-24(32)30-16-25(33)35-5/h17-23,26-27,31,34H,6-16H2,1-5H3,(H,30,32)/t17-,18-,19-,20-,21+,22?,23?,26+,27-,28-,29-/m1/s1. The van der Waals surface area contributed by atoms with Gasteiger partial charge in [-0.1, -0.05) is 34.1 Å². The first-order valence-corrected chi connectivity index (χ1v) is 14.3. The zero-order valence-electron chi connectivity index (χ0n) is 22.6. The predicted molar refractivity (Wildman–Crippen MR) is 135 cm³/mol. The molecule has 11 atom stereocenters. The fraction of sp³-hybridized carbons (Fsp3) is 0.931. The molecule has 2 unspecified atom stereocenters. The molecule has 4 rings (SSSR count). The SMILES string of the molecule is CC[C@@H]1C2C[C@H](O)CC[C@]2(C)C2CC[C@]3(C)[C@@H]([C@H](C)CCC(=O)NCC(=O)OC)CC[C@H]3[C@@H]2[C@@H]1O. The number of hydrogen-bond donors (Lipinski definition) is 3. The normalized spacial score (nSPS) is 45.6. The van der Waals surface area contributed by atoms with Crippen molar-refractivity contribution in [2.75, 3.05) is 13.7 Å². The van der Waals surface area contributed by atoms with Crippen molar-refractivity contribution in [1.29, 1.82) is 0 Å². The molecule has 0 aromatic heterocycles. The lowest BCUT2D eigenvalue weighted by Crippen LogP contribution is -2.62. The predicted octanol–water partition coefficient (Wildman–Crippen LogP) is 4.32. The van der Waals surface area contributed by atoms with E-state index in [1.807, 2.05) is 0 Å². The number of amides is 1. The van der Waals surface area contributed by atoms with Crippen LogP contribution in [-0.2, 0) is 14.3 Å². The van der Waals surface area contributed by atoms with Gasteiger partial charge in [0.2, 0.25) is 5.91 Å². The van der Waals surface area contributed by atoms with Gasteiger partial charge < -0.3 is 20.3 Å². The second-order valence-electron chi connectivity index (χ2n) is 13.0. The zero-order valence-corrected chi connectivity index (χ0v) is 22.6. The number of methoxy groups -OCH3 is 1. The van der Waals surface area contributed by atoms with Crippen LogP contribution in [0.5, 0.6) is 0 Å². The molecule has 0 heterocycles. The summed E-state index contributed by atoms with van der Waals surface area (Å²) in [7, 11) is 1.33. The molecule has 6 heteroatoms. The van der Waals surface area contributed by atoms with Crippen LogP contribution in [0.25, 0.3) is 0 Å². The highest BCUT2D eigenvalue weighted by Crippen LogP contribution is 2.69. The van der Waals surface area contributed by atoms with E-state index in [0.29, 0.717) is 41.9 Å². The number of carbonyl (C=O) groups is 2. The lowest BCUT2D eigenvalue weighted by Gasteiger charge is -2.64. The van der Waals surface area contributed by atoms with Crippen LogP contribution in [0.4, 0.5) is 0 Å². The number of rotatable bonds is 7. The molecular weight excluding hydrogens is 442 g/mol. The lowest BCUT2D eigenvalue weighted by molar-refractivity contribution is -0.203. The number of ether oxygens (including phenoxy) is 1. The Bertz CT molecular complexity index is 787. The maximum absolute atomic E-state index is 12.3. The zero-order chi connectivity index (χ0) is 25.5. The Balaban J connectivity index is 1.47. The van der Waals surface area contributed by atoms with E-state index in [0.717, 1.165) is 32.1 Å². The highest BCUT2D eigenvalue weighted by Gasteiger charge is 2.64. The number of aliphatic hydroxyl groups excluding tert-OH is 2. The van der Waals surface area contributed by atoms with Gasteiger partial charge in [-0.2, -0.15) is 0 Å². The molecule has 0 radical (unpaired) electrons. The van der Waals surface area contributed by atoms with Crippen molar-refractivity contribution in [3.63, 3.8) is 0 Å². The highest BCUT2D eigenvalue weighted by atomic mass is 16.5. The molecule has 0 aromatic rings. The Kier molecular flexibility index (Phi) is 7.93. The van der Waals surface area contributed by atoms with Crippen LogP contribution in [0.3, 0.4) is 0 Å². The van der Waals surface area contributed by atoms with E-state index in [4.69, 9.17) is 0 Å². The van der Waals surface area contributed by atoms with E-state index in [9.17, 15) is 19.8 Å². The quantitative estimate of drug-likeness (QED) is 0.461. The molecule has 1 amide bonds. The molecule has 4 aliphatic carbocycles. The fourth-order valence-electron chi connectivity index (χ4n) is 9.82. The van der Waals surface area contributed by atoms with E-state index >= 15 is 0 Å². The summed E-state index contributed by atoms with van der Waals surface area (Å²) in [5.74, 6) is 2.64. The number of carbonyl (C=O) groups excluding carboxylic acids is 2. The van der Waals surface area contributed by atoms with Crippen LogP contribution < -0.4 is 5.32 Å². The van der Waals surface area contributed by atoms with E-state index in [1.54, 1.807) is 0 Å². The number of esters is 1. The molecule has 0 bridgehead atoms. The average molecular weight is 492 g/mol. The first kappa shape index (κ1) is 26.9. The maximum atomic E-state index is 12.3. The Labute approximate surface area is 212 Å². The van der Waals surface area contributed by atoms with Gasteiger partial charge in [-0.25, -0.2) is 0 Å². The second-order valence-corrected chi connectivity index (χ2v) is 13.0. The van der Waals surface area contributed by atoms with Gasteiger partial charge in [0, 0.05) is 6.42 Å². The number of fused-ring (bicyclic) bond motifs is 5.